The summed E-state index contributed by atoms with van der Waals surface area (Å²) in [5, 5.41) is 30.1. The molecule has 0 spiro atoms. The highest BCUT2D eigenvalue weighted by Crippen LogP contribution is 2.33. The van der Waals surface area contributed by atoms with Gasteiger partial charge in [0.25, 0.3) is 0 Å². The molecule has 0 aliphatic carbocycles. The smallest absolute Gasteiger partial charge is 0.152 e. The van der Waals surface area contributed by atoms with Crippen LogP contribution >= 0.6 is 0 Å². The van der Waals surface area contributed by atoms with Crippen molar-refractivity contribution in [2.45, 2.75) is 6.54 Å². The fourth-order valence-corrected chi connectivity index (χ4v) is 3.19. The van der Waals surface area contributed by atoms with Gasteiger partial charge in [0.15, 0.2) is 5.82 Å². The molecule has 2 aromatic carbocycles. The zero-order valence-electron chi connectivity index (χ0n) is 16.8. The number of benzene rings is 2. The van der Waals surface area contributed by atoms with Crippen molar-refractivity contribution in [1.82, 2.24) is 20.1 Å². The molecular formula is C23H23N5O2. The lowest BCUT2D eigenvalue weighted by molar-refractivity contribution is 0.397. The minimum atomic E-state index is 0.0351. The molecule has 0 atom stereocenters. The molecular weight excluding hydrogens is 378 g/mol. The molecule has 0 radical (unpaired) electrons. The van der Waals surface area contributed by atoms with Crippen LogP contribution in [-0.4, -0.2) is 44.4 Å². The third-order valence-corrected chi connectivity index (χ3v) is 4.64. The summed E-state index contributed by atoms with van der Waals surface area (Å²) in [6.45, 7) is 0.796. The van der Waals surface area contributed by atoms with Crippen molar-refractivity contribution >= 4 is 11.5 Å². The van der Waals surface area contributed by atoms with E-state index in [0.717, 1.165) is 34.7 Å². The van der Waals surface area contributed by atoms with Gasteiger partial charge in [-0.15, -0.1) is 0 Å². The van der Waals surface area contributed by atoms with Gasteiger partial charge >= 0.3 is 0 Å². The molecule has 0 fully saturated rings. The number of nitrogens with one attached hydrogen (secondary N) is 2. The Morgan fingerprint density at radius 1 is 0.933 bits per heavy atom. The molecule has 7 heteroatoms. The van der Waals surface area contributed by atoms with Crippen LogP contribution in [0.5, 0.6) is 11.5 Å². The van der Waals surface area contributed by atoms with Crippen molar-refractivity contribution in [1.29, 1.82) is 0 Å². The third-order valence-electron chi connectivity index (χ3n) is 4.64. The maximum absolute atomic E-state index is 10.0. The second-order valence-electron chi connectivity index (χ2n) is 7.35. The van der Waals surface area contributed by atoms with E-state index in [1.807, 2.05) is 56.6 Å². The number of phenolic OH excluding ortho intramolecular Hbond substituents is 2. The highest BCUT2D eigenvalue weighted by atomic mass is 16.3. The van der Waals surface area contributed by atoms with Gasteiger partial charge in [0, 0.05) is 24.2 Å². The van der Waals surface area contributed by atoms with E-state index in [0.29, 0.717) is 11.4 Å². The summed E-state index contributed by atoms with van der Waals surface area (Å²) in [6, 6.07) is 18.2. The van der Waals surface area contributed by atoms with E-state index < -0.39 is 0 Å². The van der Waals surface area contributed by atoms with Crippen molar-refractivity contribution in [3.05, 3.63) is 72.6 Å². The van der Waals surface area contributed by atoms with E-state index in [2.05, 4.69) is 25.4 Å². The molecule has 0 unspecified atom stereocenters. The molecule has 0 aliphatic rings. The Morgan fingerprint density at radius 2 is 1.70 bits per heavy atom. The summed E-state index contributed by atoms with van der Waals surface area (Å²) < 4.78 is 0. The van der Waals surface area contributed by atoms with Crippen LogP contribution in [-0.2, 0) is 6.54 Å². The molecule has 30 heavy (non-hydrogen) atoms. The van der Waals surface area contributed by atoms with Gasteiger partial charge in [-0.25, -0.2) is 0 Å². The highest BCUT2D eigenvalue weighted by Gasteiger charge is 2.08. The van der Waals surface area contributed by atoms with Gasteiger partial charge in [-0.2, -0.15) is 5.10 Å². The Hall–Kier alpha value is -3.84. The molecule has 152 valence electrons. The SMILES string of the molecule is CN(C)Cc1ccc(Nc2cc(-c3ccc(-c4ccc(O)cc4O)cc3)[nH]n2)cn1. The van der Waals surface area contributed by atoms with E-state index in [1.165, 1.54) is 6.07 Å². The number of aromatic nitrogens is 3. The second-order valence-corrected chi connectivity index (χ2v) is 7.35. The van der Waals surface area contributed by atoms with Crippen molar-refractivity contribution in [3.63, 3.8) is 0 Å². The number of aromatic hydroxyl groups is 2. The van der Waals surface area contributed by atoms with Gasteiger partial charge in [-0.1, -0.05) is 24.3 Å². The van der Waals surface area contributed by atoms with Gasteiger partial charge < -0.3 is 20.4 Å². The van der Waals surface area contributed by atoms with Crippen LogP contribution in [0.4, 0.5) is 11.5 Å². The van der Waals surface area contributed by atoms with Gasteiger partial charge in [0.05, 0.1) is 23.3 Å². The molecule has 4 N–H and O–H groups in total. The molecule has 7 nitrogen and oxygen atoms in total. The van der Waals surface area contributed by atoms with Crippen LogP contribution < -0.4 is 5.32 Å². The fourth-order valence-electron chi connectivity index (χ4n) is 3.19. The molecule has 0 bridgehead atoms. The second kappa shape index (κ2) is 8.26. The Kier molecular flexibility index (Phi) is 5.36. The number of phenols is 2. The zero-order chi connectivity index (χ0) is 21.1. The molecule has 0 saturated heterocycles. The Morgan fingerprint density at radius 3 is 2.37 bits per heavy atom. The Balaban J connectivity index is 1.47. The highest BCUT2D eigenvalue weighted by molar-refractivity contribution is 5.74. The maximum atomic E-state index is 10.0. The topological polar surface area (TPSA) is 97.3 Å². The van der Waals surface area contributed by atoms with Crippen molar-refractivity contribution < 1.29 is 10.2 Å². The van der Waals surface area contributed by atoms with E-state index >= 15 is 0 Å². The normalized spacial score (nSPS) is 11.0. The number of rotatable bonds is 6. The molecule has 2 aromatic heterocycles. The van der Waals surface area contributed by atoms with Gasteiger partial charge in [0.2, 0.25) is 0 Å². The minimum absolute atomic E-state index is 0.0351. The lowest BCUT2D eigenvalue weighted by Gasteiger charge is -2.09. The average molecular weight is 401 g/mol. The van der Waals surface area contributed by atoms with Crippen LogP contribution in [0.25, 0.3) is 22.4 Å². The summed E-state index contributed by atoms with van der Waals surface area (Å²) in [5.41, 5.74) is 5.24. The minimum Gasteiger partial charge on any atom is -0.508 e. The number of anilines is 2. The summed E-state index contributed by atoms with van der Waals surface area (Å²) in [5.74, 6) is 0.779. The molecule has 2 heterocycles. The predicted octanol–water partition coefficient (Wildman–Crippen LogP) is 4.36. The van der Waals surface area contributed by atoms with E-state index in [9.17, 15) is 10.2 Å². The van der Waals surface area contributed by atoms with Gasteiger partial charge in [0.1, 0.15) is 11.5 Å². The lowest BCUT2D eigenvalue weighted by atomic mass is 10.0. The van der Waals surface area contributed by atoms with E-state index in [4.69, 9.17) is 0 Å². The van der Waals surface area contributed by atoms with Crippen LogP contribution in [0.3, 0.4) is 0 Å². The number of hydrogen-bond acceptors (Lipinski definition) is 6. The van der Waals surface area contributed by atoms with Gasteiger partial charge in [-0.3, -0.25) is 10.1 Å². The average Bonchev–Trinajstić information content (AvgIpc) is 3.18. The summed E-state index contributed by atoms with van der Waals surface area (Å²) >= 11 is 0. The first-order valence-corrected chi connectivity index (χ1v) is 9.53. The fraction of sp³-hybridized carbons (Fsp3) is 0.130. The molecule has 0 aliphatic heterocycles. The van der Waals surface area contributed by atoms with E-state index in [-0.39, 0.29) is 11.5 Å². The Labute approximate surface area is 174 Å². The predicted molar refractivity (Wildman–Crippen MR) is 118 cm³/mol. The van der Waals surface area contributed by atoms with E-state index in [1.54, 1.807) is 18.3 Å². The van der Waals surface area contributed by atoms with Crippen LogP contribution in [0.15, 0.2) is 66.9 Å². The number of nitrogens with zero attached hydrogens (tertiary/aromatic N) is 3. The number of aromatic amines is 1. The summed E-state index contributed by atoms with van der Waals surface area (Å²) in [7, 11) is 4.03. The lowest BCUT2D eigenvalue weighted by Crippen LogP contribution is -2.11. The number of H-pyrrole nitrogens is 1. The van der Waals surface area contributed by atoms with Crippen LogP contribution in [0.2, 0.25) is 0 Å². The van der Waals surface area contributed by atoms with Crippen LogP contribution in [0, 0.1) is 0 Å². The number of pyridine rings is 1. The quantitative estimate of drug-likeness (QED) is 0.383. The first-order valence-electron chi connectivity index (χ1n) is 9.53. The third kappa shape index (κ3) is 4.42. The summed E-state index contributed by atoms with van der Waals surface area (Å²) in [6.07, 6.45) is 1.80. The molecule has 0 saturated carbocycles. The summed E-state index contributed by atoms with van der Waals surface area (Å²) in [4.78, 5) is 6.53. The largest absolute Gasteiger partial charge is 0.508 e. The molecule has 0 amide bonds. The van der Waals surface area contributed by atoms with Crippen molar-refractivity contribution in [2.75, 3.05) is 19.4 Å². The van der Waals surface area contributed by atoms with Crippen molar-refractivity contribution in [2.24, 2.45) is 0 Å². The van der Waals surface area contributed by atoms with Crippen molar-refractivity contribution in [3.8, 4) is 33.9 Å². The number of hydrogen-bond donors (Lipinski definition) is 4. The standard InChI is InChI=1S/C23H23N5O2/c1-28(2)14-18-8-7-17(13-24-18)25-23-12-21(26-27-23)16-5-3-15(4-6-16)20-10-9-19(29)11-22(20)30/h3-13,29-30H,14H2,1-2H3,(H2,25,26,27). The van der Waals surface area contributed by atoms with Gasteiger partial charge in [-0.05, 0) is 49.5 Å². The van der Waals surface area contributed by atoms with Crippen LogP contribution in [0.1, 0.15) is 5.69 Å². The molecule has 4 aromatic rings. The first-order chi connectivity index (χ1) is 14.5. The Bertz CT molecular complexity index is 1140. The zero-order valence-corrected chi connectivity index (χ0v) is 16.8. The first kappa shape index (κ1) is 19.5. The molecule has 4 rings (SSSR count). The monoisotopic (exact) mass is 401 g/mol. The maximum Gasteiger partial charge on any atom is 0.152 e.